The smallest absolute Gasteiger partial charge is 0.353 e. The van der Waals surface area contributed by atoms with Crippen LogP contribution in [0.1, 0.15) is 15.9 Å². The average molecular weight is 413 g/mol. The molecule has 0 radical (unpaired) electrons. The summed E-state index contributed by atoms with van der Waals surface area (Å²) in [5.74, 6) is 0.0117. The minimum atomic E-state index is -4.44. The highest BCUT2D eigenvalue weighted by Crippen LogP contribution is 2.29. The van der Waals surface area contributed by atoms with Crippen LogP contribution in [0.5, 0.6) is 0 Å². The number of amides is 1. The second kappa shape index (κ2) is 7.42. The summed E-state index contributed by atoms with van der Waals surface area (Å²) in [5, 5.41) is 0. The van der Waals surface area contributed by atoms with Crippen molar-refractivity contribution in [1.29, 1.82) is 0 Å². The van der Waals surface area contributed by atoms with Crippen molar-refractivity contribution in [2.45, 2.75) is 11.1 Å². The van der Waals surface area contributed by atoms with Gasteiger partial charge in [0.15, 0.2) is 9.84 Å². The zero-order valence-electron chi connectivity index (χ0n) is 15.0. The number of carbonyl (C=O) groups is 1. The molecule has 1 aromatic carbocycles. The number of anilines is 1. The summed E-state index contributed by atoms with van der Waals surface area (Å²) in [6.07, 6.45) is -2.60. The Bertz CT molecular complexity index is 968. The van der Waals surface area contributed by atoms with Gasteiger partial charge in [0.2, 0.25) is 0 Å². The minimum absolute atomic E-state index is 0.0214. The molecule has 1 fully saturated rings. The number of sulfone groups is 1. The topological polar surface area (TPSA) is 70.6 Å². The molecule has 0 N–H and O–H groups in total. The Kier molecular flexibility index (Phi) is 5.33. The van der Waals surface area contributed by atoms with Crippen LogP contribution in [0, 0.1) is 0 Å². The second-order valence-electron chi connectivity index (χ2n) is 6.45. The van der Waals surface area contributed by atoms with Gasteiger partial charge in [-0.05, 0) is 24.3 Å². The summed E-state index contributed by atoms with van der Waals surface area (Å²) in [7, 11) is -3.55. The maximum absolute atomic E-state index is 12.8. The van der Waals surface area contributed by atoms with Crippen LogP contribution in [0.15, 0.2) is 47.5 Å². The summed E-state index contributed by atoms with van der Waals surface area (Å²) in [6.45, 7) is 1.37. The van der Waals surface area contributed by atoms with Gasteiger partial charge in [0.25, 0.3) is 5.91 Å². The third-order valence-electron chi connectivity index (χ3n) is 4.48. The zero-order valence-corrected chi connectivity index (χ0v) is 15.8. The quantitative estimate of drug-likeness (QED) is 0.773. The third kappa shape index (κ3) is 4.27. The fourth-order valence-electron chi connectivity index (χ4n) is 3.02. The standard InChI is InChI=1S/C18H18F3N3O3S/c1-28(26,27)15-5-3-2-4-14(15)17(25)24-10-8-23(9-11-24)16-7-6-13(12-22-16)18(19,20)21/h2-7,12H,8-11H2,1H3. The molecule has 1 aliphatic rings. The third-order valence-corrected chi connectivity index (χ3v) is 5.64. The number of alkyl halides is 3. The van der Waals surface area contributed by atoms with Crippen LogP contribution < -0.4 is 4.90 Å². The number of rotatable bonds is 3. The Labute approximate surface area is 160 Å². The molecule has 10 heteroatoms. The Morgan fingerprint density at radius 3 is 2.21 bits per heavy atom. The summed E-state index contributed by atoms with van der Waals surface area (Å²) in [6, 6.07) is 8.31. The van der Waals surface area contributed by atoms with Crippen LogP contribution in [0.2, 0.25) is 0 Å². The molecule has 6 nitrogen and oxygen atoms in total. The van der Waals surface area contributed by atoms with Crippen LogP contribution in [0.25, 0.3) is 0 Å². The van der Waals surface area contributed by atoms with E-state index in [0.29, 0.717) is 32.0 Å². The Hall–Kier alpha value is -2.62. The van der Waals surface area contributed by atoms with E-state index in [1.54, 1.807) is 17.0 Å². The fourth-order valence-corrected chi connectivity index (χ4v) is 3.90. The molecule has 1 aromatic heterocycles. The summed E-state index contributed by atoms with van der Waals surface area (Å²) in [4.78, 5) is 19.9. The molecule has 0 bridgehead atoms. The molecule has 2 heterocycles. The Morgan fingerprint density at radius 2 is 1.68 bits per heavy atom. The molecule has 2 aromatic rings. The molecule has 0 saturated carbocycles. The number of halogens is 3. The predicted molar refractivity (Wildman–Crippen MR) is 96.9 cm³/mol. The molecule has 28 heavy (non-hydrogen) atoms. The first kappa shape index (κ1) is 20.1. The zero-order chi connectivity index (χ0) is 20.5. The molecule has 150 valence electrons. The van der Waals surface area contributed by atoms with E-state index < -0.39 is 21.6 Å². The van der Waals surface area contributed by atoms with E-state index in [4.69, 9.17) is 0 Å². The lowest BCUT2D eigenvalue weighted by molar-refractivity contribution is -0.137. The molecule has 0 unspecified atom stereocenters. The van der Waals surface area contributed by atoms with Crippen molar-refractivity contribution in [2.24, 2.45) is 0 Å². The van der Waals surface area contributed by atoms with E-state index in [1.807, 2.05) is 0 Å². The number of hydrogen-bond donors (Lipinski definition) is 0. The van der Waals surface area contributed by atoms with Gasteiger partial charge in [0, 0.05) is 38.6 Å². The highest BCUT2D eigenvalue weighted by atomic mass is 32.2. The van der Waals surface area contributed by atoms with E-state index in [9.17, 15) is 26.4 Å². The summed E-state index contributed by atoms with van der Waals surface area (Å²) in [5.41, 5.74) is -0.700. The first-order valence-corrected chi connectivity index (χ1v) is 10.3. The molecular weight excluding hydrogens is 395 g/mol. The van der Waals surface area contributed by atoms with Gasteiger partial charge < -0.3 is 9.80 Å². The van der Waals surface area contributed by atoms with Crippen LogP contribution in [0.3, 0.4) is 0 Å². The van der Waals surface area contributed by atoms with E-state index in [2.05, 4.69) is 4.98 Å². The highest BCUT2D eigenvalue weighted by Gasteiger charge is 2.31. The largest absolute Gasteiger partial charge is 0.417 e. The lowest BCUT2D eigenvalue weighted by Crippen LogP contribution is -2.49. The van der Waals surface area contributed by atoms with Crippen LogP contribution >= 0.6 is 0 Å². The number of carbonyl (C=O) groups excluding carboxylic acids is 1. The van der Waals surface area contributed by atoms with E-state index >= 15 is 0 Å². The molecule has 1 saturated heterocycles. The minimum Gasteiger partial charge on any atom is -0.353 e. The van der Waals surface area contributed by atoms with Crippen molar-refractivity contribution >= 4 is 21.6 Å². The molecule has 0 spiro atoms. The average Bonchev–Trinajstić information content (AvgIpc) is 2.66. The SMILES string of the molecule is CS(=O)(=O)c1ccccc1C(=O)N1CCN(c2ccc(C(F)(F)F)cn2)CC1. The van der Waals surface area contributed by atoms with Crippen LogP contribution in [-0.4, -0.2) is 56.6 Å². The molecule has 3 rings (SSSR count). The predicted octanol–water partition coefficient (Wildman–Crippen LogP) is 2.47. The number of benzene rings is 1. The molecule has 1 aliphatic heterocycles. The van der Waals surface area contributed by atoms with Gasteiger partial charge in [-0.2, -0.15) is 13.2 Å². The van der Waals surface area contributed by atoms with Crippen molar-refractivity contribution in [2.75, 3.05) is 37.3 Å². The van der Waals surface area contributed by atoms with Crippen LogP contribution in [0.4, 0.5) is 19.0 Å². The number of hydrogen-bond acceptors (Lipinski definition) is 5. The van der Waals surface area contributed by atoms with Gasteiger partial charge >= 0.3 is 6.18 Å². The van der Waals surface area contributed by atoms with E-state index in [0.717, 1.165) is 18.5 Å². The maximum Gasteiger partial charge on any atom is 0.417 e. The lowest BCUT2D eigenvalue weighted by atomic mass is 10.1. The number of nitrogens with zero attached hydrogens (tertiary/aromatic N) is 3. The van der Waals surface area contributed by atoms with E-state index in [1.165, 1.54) is 23.1 Å². The van der Waals surface area contributed by atoms with Crippen LogP contribution in [-0.2, 0) is 16.0 Å². The number of aromatic nitrogens is 1. The van der Waals surface area contributed by atoms with E-state index in [-0.39, 0.29) is 16.4 Å². The van der Waals surface area contributed by atoms with Crippen molar-refractivity contribution in [3.8, 4) is 0 Å². The monoisotopic (exact) mass is 413 g/mol. The number of pyridine rings is 1. The Balaban J connectivity index is 1.70. The van der Waals surface area contributed by atoms with Gasteiger partial charge in [-0.15, -0.1) is 0 Å². The second-order valence-corrected chi connectivity index (χ2v) is 8.43. The van der Waals surface area contributed by atoms with Gasteiger partial charge in [-0.1, -0.05) is 12.1 Å². The van der Waals surface area contributed by atoms with Crippen molar-refractivity contribution in [1.82, 2.24) is 9.88 Å². The molecule has 0 aliphatic carbocycles. The first-order valence-electron chi connectivity index (χ1n) is 8.44. The van der Waals surface area contributed by atoms with Crippen molar-refractivity contribution in [3.63, 3.8) is 0 Å². The molecule has 1 amide bonds. The van der Waals surface area contributed by atoms with Gasteiger partial charge in [0.1, 0.15) is 5.82 Å². The normalized spacial score (nSPS) is 15.6. The summed E-state index contributed by atoms with van der Waals surface area (Å²) >= 11 is 0. The molecule has 0 atom stereocenters. The molecular formula is C18H18F3N3O3S. The summed E-state index contributed by atoms with van der Waals surface area (Å²) < 4.78 is 61.7. The van der Waals surface area contributed by atoms with Gasteiger partial charge in [0.05, 0.1) is 16.0 Å². The van der Waals surface area contributed by atoms with Gasteiger partial charge in [-0.3, -0.25) is 4.79 Å². The highest BCUT2D eigenvalue weighted by molar-refractivity contribution is 7.90. The van der Waals surface area contributed by atoms with Gasteiger partial charge in [-0.25, -0.2) is 13.4 Å². The maximum atomic E-state index is 12.8. The first-order chi connectivity index (χ1) is 13.1. The lowest BCUT2D eigenvalue weighted by Gasteiger charge is -2.35. The van der Waals surface area contributed by atoms with Crippen molar-refractivity contribution in [3.05, 3.63) is 53.7 Å². The number of piperazine rings is 1. The van der Waals surface area contributed by atoms with Crippen molar-refractivity contribution < 1.29 is 26.4 Å². The Morgan fingerprint density at radius 1 is 1.04 bits per heavy atom. The fraction of sp³-hybridized carbons (Fsp3) is 0.333.